The number of benzene rings is 2. The minimum atomic E-state index is 0.813. The predicted octanol–water partition coefficient (Wildman–Crippen LogP) is 4.89. The molecule has 0 aromatic heterocycles. The van der Waals surface area contributed by atoms with Gasteiger partial charge in [-0.2, -0.15) is 0 Å². The molecule has 2 aromatic carbocycles. The van der Waals surface area contributed by atoms with Gasteiger partial charge in [-0.05, 0) is 48.2 Å². The summed E-state index contributed by atoms with van der Waals surface area (Å²) in [5, 5.41) is 0.813. The van der Waals surface area contributed by atoms with Crippen molar-refractivity contribution in [2.75, 3.05) is 0 Å². The topological polar surface area (TPSA) is 0 Å². The minimum Gasteiger partial charge on any atom is -0.0843 e. The van der Waals surface area contributed by atoms with Crippen LogP contribution in [0.5, 0.6) is 0 Å². The molecular formula is C14H12BrCl. The first kappa shape index (κ1) is 11.7. The van der Waals surface area contributed by atoms with E-state index in [9.17, 15) is 0 Å². The van der Waals surface area contributed by atoms with Gasteiger partial charge in [-0.3, -0.25) is 0 Å². The van der Waals surface area contributed by atoms with Crippen molar-refractivity contribution in [1.29, 1.82) is 0 Å². The minimum absolute atomic E-state index is 0.813. The third kappa shape index (κ3) is 3.36. The largest absolute Gasteiger partial charge is 0.0843 e. The molecule has 0 N–H and O–H groups in total. The Bertz CT molecular complexity index is 462. The average Bonchev–Trinajstić information content (AvgIpc) is 2.28. The molecule has 0 aliphatic heterocycles. The lowest BCUT2D eigenvalue weighted by molar-refractivity contribution is 0.960. The predicted molar refractivity (Wildman–Crippen MR) is 73.0 cm³/mol. The van der Waals surface area contributed by atoms with Crippen LogP contribution in [0.4, 0.5) is 0 Å². The summed E-state index contributed by atoms with van der Waals surface area (Å²) in [6.45, 7) is 0. The van der Waals surface area contributed by atoms with Gasteiger partial charge in [-0.25, -0.2) is 0 Å². The maximum atomic E-state index is 5.94. The van der Waals surface area contributed by atoms with Crippen molar-refractivity contribution in [3.63, 3.8) is 0 Å². The van der Waals surface area contributed by atoms with Gasteiger partial charge in [0.25, 0.3) is 0 Å². The SMILES string of the molecule is Clc1cccc(CCc2ccc(Br)cc2)c1. The Morgan fingerprint density at radius 1 is 0.875 bits per heavy atom. The van der Waals surface area contributed by atoms with Crippen LogP contribution in [0.2, 0.25) is 5.02 Å². The van der Waals surface area contributed by atoms with Crippen LogP contribution in [-0.4, -0.2) is 0 Å². The number of halogens is 2. The molecule has 0 bridgehead atoms. The molecule has 0 unspecified atom stereocenters. The number of hydrogen-bond donors (Lipinski definition) is 0. The molecule has 82 valence electrons. The highest BCUT2D eigenvalue weighted by Gasteiger charge is 1.97. The highest BCUT2D eigenvalue weighted by molar-refractivity contribution is 9.10. The second kappa shape index (κ2) is 5.51. The molecular weight excluding hydrogens is 284 g/mol. The smallest absolute Gasteiger partial charge is 0.0408 e. The number of hydrogen-bond acceptors (Lipinski definition) is 0. The zero-order valence-corrected chi connectivity index (χ0v) is 11.1. The highest BCUT2D eigenvalue weighted by Crippen LogP contribution is 2.15. The van der Waals surface area contributed by atoms with E-state index in [4.69, 9.17) is 11.6 Å². The molecule has 16 heavy (non-hydrogen) atoms. The molecule has 0 saturated carbocycles. The van der Waals surface area contributed by atoms with Gasteiger partial charge in [-0.15, -0.1) is 0 Å². The molecule has 0 spiro atoms. The fraction of sp³-hybridized carbons (Fsp3) is 0.143. The van der Waals surface area contributed by atoms with Crippen LogP contribution in [0, 0.1) is 0 Å². The van der Waals surface area contributed by atoms with Crippen LogP contribution < -0.4 is 0 Å². The first-order chi connectivity index (χ1) is 7.74. The molecule has 0 radical (unpaired) electrons. The molecule has 2 heteroatoms. The number of aryl methyl sites for hydroxylation is 2. The Kier molecular flexibility index (Phi) is 4.03. The lowest BCUT2D eigenvalue weighted by atomic mass is 10.0. The second-order valence-electron chi connectivity index (χ2n) is 3.76. The molecule has 0 amide bonds. The molecule has 2 rings (SSSR count). The van der Waals surface area contributed by atoms with Gasteiger partial charge in [0.15, 0.2) is 0 Å². The molecule has 0 heterocycles. The van der Waals surface area contributed by atoms with Crippen LogP contribution in [-0.2, 0) is 12.8 Å². The first-order valence-corrected chi connectivity index (χ1v) is 6.40. The van der Waals surface area contributed by atoms with Gasteiger partial charge in [0.2, 0.25) is 0 Å². The van der Waals surface area contributed by atoms with Gasteiger partial charge in [0, 0.05) is 9.50 Å². The Hall–Kier alpha value is -0.790. The van der Waals surface area contributed by atoms with Crippen molar-refractivity contribution in [2.45, 2.75) is 12.8 Å². The summed E-state index contributed by atoms with van der Waals surface area (Å²) in [6, 6.07) is 16.5. The van der Waals surface area contributed by atoms with Crippen molar-refractivity contribution < 1.29 is 0 Å². The van der Waals surface area contributed by atoms with Crippen LogP contribution >= 0.6 is 27.5 Å². The van der Waals surface area contributed by atoms with Crippen molar-refractivity contribution in [3.8, 4) is 0 Å². The van der Waals surface area contributed by atoms with E-state index in [1.165, 1.54) is 11.1 Å². The maximum Gasteiger partial charge on any atom is 0.0408 e. The van der Waals surface area contributed by atoms with Crippen molar-refractivity contribution in [1.82, 2.24) is 0 Å². The fourth-order valence-electron chi connectivity index (χ4n) is 1.63. The van der Waals surface area contributed by atoms with Gasteiger partial charge >= 0.3 is 0 Å². The van der Waals surface area contributed by atoms with Gasteiger partial charge in [0.1, 0.15) is 0 Å². The van der Waals surface area contributed by atoms with Crippen LogP contribution in [0.1, 0.15) is 11.1 Å². The molecule has 0 atom stereocenters. The Labute approximate surface area is 109 Å². The van der Waals surface area contributed by atoms with E-state index in [1.54, 1.807) is 0 Å². The summed E-state index contributed by atoms with van der Waals surface area (Å²) < 4.78 is 1.12. The summed E-state index contributed by atoms with van der Waals surface area (Å²) in [5.41, 5.74) is 2.64. The third-order valence-electron chi connectivity index (χ3n) is 2.50. The summed E-state index contributed by atoms with van der Waals surface area (Å²) >= 11 is 9.37. The van der Waals surface area contributed by atoms with Crippen LogP contribution in [0.3, 0.4) is 0 Å². The number of rotatable bonds is 3. The molecule has 0 fully saturated rings. The summed E-state index contributed by atoms with van der Waals surface area (Å²) in [4.78, 5) is 0. The van der Waals surface area contributed by atoms with Gasteiger partial charge in [0.05, 0.1) is 0 Å². The molecule has 0 aliphatic rings. The summed E-state index contributed by atoms with van der Waals surface area (Å²) in [5.74, 6) is 0. The van der Waals surface area contributed by atoms with Crippen molar-refractivity contribution >= 4 is 27.5 Å². The van der Waals surface area contributed by atoms with Crippen LogP contribution in [0.15, 0.2) is 53.0 Å². The Morgan fingerprint density at radius 2 is 1.56 bits per heavy atom. The normalized spacial score (nSPS) is 10.4. The summed E-state index contributed by atoms with van der Waals surface area (Å²) in [6.07, 6.45) is 2.08. The highest BCUT2D eigenvalue weighted by atomic mass is 79.9. The van der Waals surface area contributed by atoms with E-state index in [1.807, 2.05) is 18.2 Å². The monoisotopic (exact) mass is 294 g/mol. The quantitative estimate of drug-likeness (QED) is 0.756. The fourth-order valence-corrected chi connectivity index (χ4v) is 2.11. The van der Waals surface area contributed by atoms with E-state index in [0.29, 0.717) is 0 Å². The second-order valence-corrected chi connectivity index (χ2v) is 5.11. The van der Waals surface area contributed by atoms with Crippen LogP contribution in [0.25, 0.3) is 0 Å². The van der Waals surface area contributed by atoms with Gasteiger partial charge in [-0.1, -0.05) is 51.8 Å². The van der Waals surface area contributed by atoms with Crippen molar-refractivity contribution in [3.05, 3.63) is 69.2 Å². The lowest BCUT2D eigenvalue weighted by Crippen LogP contribution is -1.90. The van der Waals surface area contributed by atoms with E-state index >= 15 is 0 Å². The molecule has 0 nitrogen and oxygen atoms in total. The third-order valence-corrected chi connectivity index (χ3v) is 3.27. The van der Waals surface area contributed by atoms with E-state index < -0.39 is 0 Å². The Morgan fingerprint density at radius 3 is 2.25 bits per heavy atom. The summed E-state index contributed by atoms with van der Waals surface area (Å²) in [7, 11) is 0. The molecule has 0 saturated heterocycles. The van der Waals surface area contributed by atoms with E-state index in [2.05, 4.69) is 46.3 Å². The van der Waals surface area contributed by atoms with Crippen molar-refractivity contribution in [2.24, 2.45) is 0 Å². The molecule has 0 aliphatic carbocycles. The maximum absolute atomic E-state index is 5.94. The molecule has 2 aromatic rings. The van der Waals surface area contributed by atoms with Gasteiger partial charge < -0.3 is 0 Å². The zero-order valence-electron chi connectivity index (χ0n) is 8.79. The van der Waals surface area contributed by atoms with E-state index in [0.717, 1.165) is 22.3 Å². The lowest BCUT2D eigenvalue weighted by Gasteiger charge is -2.03. The first-order valence-electron chi connectivity index (χ1n) is 5.23. The van der Waals surface area contributed by atoms with E-state index in [-0.39, 0.29) is 0 Å². The Balaban J connectivity index is 1.99. The standard InChI is InChI=1S/C14H12BrCl/c15-13-8-6-11(7-9-13)4-5-12-2-1-3-14(16)10-12/h1-3,6-10H,4-5H2. The average molecular weight is 296 g/mol. The zero-order chi connectivity index (χ0) is 11.4.